The highest BCUT2D eigenvalue weighted by Crippen LogP contribution is 2.24. The van der Waals surface area contributed by atoms with Crippen LogP contribution in [0.3, 0.4) is 0 Å². The molecule has 2 aliphatic rings. The third-order valence-electron chi connectivity index (χ3n) is 3.84. The molecule has 0 unspecified atom stereocenters. The van der Waals surface area contributed by atoms with E-state index < -0.39 is 0 Å². The minimum atomic E-state index is -0.366. The summed E-state index contributed by atoms with van der Waals surface area (Å²) >= 11 is 0. The molecule has 2 saturated heterocycles. The van der Waals surface area contributed by atoms with E-state index in [-0.39, 0.29) is 12.1 Å². The van der Waals surface area contributed by atoms with Gasteiger partial charge in [0.15, 0.2) is 12.1 Å². The summed E-state index contributed by atoms with van der Waals surface area (Å²) in [5.74, 6) is 6.06. The smallest absolute Gasteiger partial charge is 0.165 e. The quantitative estimate of drug-likeness (QED) is 0.534. The minimum Gasteiger partial charge on any atom is -0.353 e. The van der Waals surface area contributed by atoms with E-state index in [4.69, 9.17) is 18.9 Å². The Labute approximate surface area is 128 Å². The fraction of sp³-hybridized carbons (Fsp3) is 0.882. The molecule has 4 nitrogen and oxygen atoms in total. The Kier molecular flexibility index (Phi) is 7.52. The second kappa shape index (κ2) is 9.42. The first kappa shape index (κ1) is 16.8. The topological polar surface area (TPSA) is 36.9 Å². The molecule has 2 rings (SSSR count). The maximum absolute atomic E-state index is 5.67. The maximum Gasteiger partial charge on any atom is 0.165 e. The first-order valence-electron chi connectivity index (χ1n) is 8.25. The van der Waals surface area contributed by atoms with Crippen LogP contribution in [-0.4, -0.2) is 38.5 Å². The molecule has 0 saturated carbocycles. The SMILES string of the molecule is CC1(CCCC#CCCCO[C@@H]2CCCCO2)OCCO1. The summed E-state index contributed by atoms with van der Waals surface area (Å²) in [6.07, 6.45) is 8.19. The summed E-state index contributed by atoms with van der Waals surface area (Å²) in [7, 11) is 0. The van der Waals surface area contributed by atoms with Crippen molar-refractivity contribution in [2.75, 3.05) is 26.4 Å². The average Bonchev–Trinajstić information content (AvgIpc) is 2.93. The Hall–Kier alpha value is -0.600. The van der Waals surface area contributed by atoms with Crippen LogP contribution in [0.1, 0.15) is 58.3 Å². The van der Waals surface area contributed by atoms with Crippen LogP contribution in [0, 0.1) is 11.8 Å². The fourth-order valence-corrected chi connectivity index (χ4v) is 2.59. The van der Waals surface area contributed by atoms with Crippen LogP contribution in [0.25, 0.3) is 0 Å². The molecule has 0 radical (unpaired) electrons. The van der Waals surface area contributed by atoms with Gasteiger partial charge in [0.2, 0.25) is 0 Å². The van der Waals surface area contributed by atoms with Crippen LogP contribution in [0.2, 0.25) is 0 Å². The summed E-state index contributed by atoms with van der Waals surface area (Å²) in [5, 5.41) is 0. The zero-order chi connectivity index (χ0) is 14.8. The molecule has 0 aliphatic carbocycles. The normalized spacial score (nSPS) is 24.5. The Morgan fingerprint density at radius 1 is 1.05 bits per heavy atom. The van der Waals surface area contributed by atoms with E-state index in [9.17, 15) is 0 Å². The van der Waals surface area contributed by atoms with Crippen LogP contribution >= 0.6 is 0 Å². The first-order valence-corrected chi connectivity index (χ1v) is 8.25. The third kappa shape index (κ3) is 6.80. The highest BCUT2D eigenvalue weighted by atomic mass is 16.7. The number of unbranched alkanes of at least 4 members (excludes halogenated alkanes) is 2. The molecule has 2 aliphatic heterocycles. The molecule has 21 heavy (non-hydrogen) atoms. The lowest BCUT2D eigenvalue weighted by atomic mass is 10.1. The van der Waals surface area contributed by atoms with Crippen molar-refractivity contribution in [2.24, 2.45) is 0 Å². The van der Waals surface area contributed by atoms with Crippen LogP contribution in [0.5, 0.6) is 0 Å². The second-order valence-corrected chi connectivity index (χ2v) is 5.81. The Morgan fingerprint density at radius 2 is 1.81 bits per heavy atom. The molecule has 1 atom stereocenters. The van der Waals surface area contributed by atoms with Gasteiger partial charge < -0.3 is 18.9 Å². The number of hydrogen-bond donors (Lipinski definition) is 0. The van der Waals surface area contributed by atoms with Gasteiger partial charge in [0.05, 0.1) is 19.8 Å². The van der Waals surface area contributed by atoms with Gasteiger partial charge >= 0.3 is 0 Å². The van der Waals surface area contributed by atoms with Crippen LogP contribution in [-0.2, 0) is 18.9 Å². The summed E-state index contributed by atoms with van der Waals surface area (Å²) in [6, 6.07) is 0. The van der Waals surface area contributed by atoms with Gasteiger partial charge in [-0.1, -0.05) is 0 Å². The van der Waals surface area contributed by atoms with Gasteiger partial charge in [0, 0.05) is 25.9 Å². The molecule has 2 heterocycles. The van der Waals surface area contributed by atoms with Crippen molar-refractivity contribution in [2.45, 2.75) is 70.4 Å². The van der Waals surface area contributed by atoms with Gasteiger partial charge in [-0.25, -0.2) is 0 Å². The predicted octanol–water partition coefficient (Wildman–Crippen LogP) is 3.25. The van der Waals surface area contributed by atoms with Gasteiger partial charge in [0.1, 0.15) is 0 Å². The fourth-order valence-electron chi connectivity index (χ4n) is 2.59. The Morgan fingerprint density at radius 3 is 2.52 bits per heavy atom. The summed E-state index contributed by atoms with van der Waals surface area (Å²) in [5.41, 5.74) is 0. The lowest BCUT2D eigenvalue weighted by molar-refractivity contribution is -0.162. The molecule has 0 aromatic rings. The maximum atomic E-state index is 5.67. The van der Waals surface area contributed by atoms with Crippen molar-refractivity contribution in [3.63, 3.8) is 0 Å². The van der Waals surface area contributed by atoms with E-state index in [1.165, 1.54) is 12.8 Å². The molecule has 0 amide bonds. The average molecular weight is 296 g/mol. The summed E-state index contributed by atoms with van der Waals surface area (Å²) in [6.45, 7) is 5.04. The third-order valence-corrected chi connectivity index (χ3v) is 3.84. The molecule has 0 bridgehead atoms. The first-order chi connectivity index (χ1) is 10.3. The van der Waals surface area contributed by atoms with Gasteiger partial charge in [-0.3, -0.25) is 0 Å². The zero-order valence-corrected chi connectivity index (χ0v) is 13.2. The number of ether oxygens (including phenoxy) is 4. The van der Waals surface area contributed by atoms with Crippen molar-refractivity contribution >= 4 is 0 Å². The van der Waals surface area contributed by atoms with Crippen molar-refractivity contribution in [1.29, 1.82) is 0 Å². The Bertz CT molecular complexity index is 332. The van der Waals surface area contributed by atoms with E-state index in [0.29, 0.717) is 13.2 Å². The van der Waals surface area contributed by atoms with Crippen molar-refractivity contribution in [3.8, 4) is 11.8 Å². The van der Waals surface area contributed by atoms with E-state index in [2.05, 4.69) is 11.8 Å². The van der Waals surface area contributed by atoms with Crippen LogP contribution < -0.4 is 0 Å². The van der Waals surface area contributed by atoms with Gasteiger partial charge in [0.25, 0.3) is 0 Å². The lowest BCUT2D eigenvalue weighted by Crippen LogP contribution is -2.24. The number of hydrogen-bond acceptors (Lipinski definition) is 4. The zero-order valence-electron chi connectivity index (χ0n) is 13.2. The van der Waals surface area contributed by atoms with Gasteiger partial charge in [-0.15, -0.1) is 11.8 Å². The standard InChI is InChI=1S/C17H28O4/c1-17(20-14-15-21-17)11-7-4-2-3-5-8-12-18-16-10-6-9-13-19-16/h16H,4-15H2,1H3/t16-/m0/s1. The largest absolute Gasteiger partial charge is 0.353 e. The van der Waals surface area contributed by atoms with Gasteiger partial charge in [-0.05, 0) is 39.0 Å². The molecule has 2 fully saturated rings. The van der Waals surface area contributed by atoms with E-state index in [0.717, 1.165) is 51.7 Å². The Balaban J connectivity index is 1.42. The molecule has 0 aromatic heterocycles. The van der Waals surface area contributed by atoms with Crippen molar-refractivity contribution in [1.82, 2.24) is 0 Å². The van der Waals surface area contributed by atoms with Gasteiger partial charge in [-0.2, -0.15) is 0 Å². The minimum absolute atomic E-state index is 0.0267. The molecule has 120 valence electrons. The predicted molar refractivity (Wildman–Crippen MR) is 80.7 cm³/mol. The van der Waals surface area contributed by atoms with Crippen molar-refractivity contribution < 1.29 is 18.9 Å². The van der Waals surface area contributed by atoms with E-state index in [1.807, 2.05) is 6.92 Å². The van der Waals surface area contributed by atoms with E-state index in [1.54, 1.807) is 0 Å². The summed E-state index contributed by atoms with van der Waals surface area (Å²) in [4.78, 5) is 0. The monoisotopic (exact) mass is 296 g/mol. The summed E-state index contributed by atoms with van der Waals surface area (Å²) < 4.78 is 22.3. The number of rotatable bonds is 7. The molecule has 0 spiro atoms. The highest BCUT2D eigenvalue weighted by molar-refractivity contribution is 4.98. The van der Waals surface area contributed by atoms with Crippen LogP contribution in [0.15, 0.2) is 0 Å². The molecular weight excluding hydrogens is 268 g/mol. The highest BCUT2D eigenvalue weighted by Gasteiger charge is 2.29. The lowest BCUT2D eigenvalue weighted by Gasteiger charge is -2.22. The van der Waals surface area contributed by atoms with Crippen molar-refractivity contribution in [3.05, 3.63) is 0 Å². The van der Waals surface area contributed by atoms with E-state index >= 15 is 0 Å². The molecule has 4 heteroatoms. The van der Waals surface area contributed by atoms with Crippen LogP contribution in [0.4, 0.5) is 0 Å². The molecular formula is C17H28O4. The molecule has 0 aromatic carbocycles. The molecule has 0 N–H and O–H groups in total. The second-order valence-electron chi connectivity index (χ2n) is 5.81.